The van der Waals surface area contributed by atoms with Crippen LogP contribution in [0, 0.1) is 0 Å². The van der Waals surface area contributed by atoms with E-state index in [2.05, 4.69) is 63.0 Å². The fourth-order valence-electron chi connectivity index (χ4n) is 3.91. The summed E-state index contributed by atoms with van der Waals surface area (Å²) in [6, 6.07) is 18.5. The summed E-state index contributed by atoms with van der Waals surface area (Å²) < 4.78 is 1.71. The zero-order valence-corrected chi connectivity index (χ0v) is 17.2. The van der Waals surface area contributed by atoms with Crippen molar-refractivity contribution < 1.29 is 0 Å². The Balaban J connectivity index is 1.49. The fourth-order valence-corrected chi connectivity index (χ4v) is 3.91. The van der Waals surface area contributed by atoms with E-state index in [0.717, 1.165) is 46.4 Å². The predicted molar refractivity (Wildman–Crippen MR) is 119 cm³/mol. The molecule has 0 aliphatic carbocycles. The van der Waals surface area contributed by atoms with E-state index in [4.69, 9.17) is 10.7 Å². The highest BCUT2D eigenvalue weighted by Gasteiger charge is 2.15. The lowest BCUT2D eigenvalue weighted by Gasteiger charge is -2.13. The molecule has 3 heterocycles. The molecule has 0 aliphatic heterocycles. The second-order valence-electron chi connectivity index (χ2n) is 7.44. The van der Waals surface area contributed by atoms with Gasteiger partial charge in [0, 0.05) is 23.6 Å². The summed E-state index contributed by atoms with van der Waals surface area (Å²) in [6.07, 6.45) is 4.33. The molecule has 8 nitrogen and oxygen atoms in total. The van der Waals surface area contributed by atoms with E-state index in [9.17, 15) is 0 Å². The maximum absolute atomic E-state index is 6.48. The molecular formula is C23H22N8. The molecule has 0 fully saturated rings. The number of nitrogens with zero attached hydrogens (tertiary/aromatic N) is 6. The number of aromatic nitrogens is 7. The lowest BCUT2D eigenvalue weighted by Crippen LogP contribution is -2.10. The number of aryl methyl sites for hydroxylation is 1. The van der Waals surface area contributed by atoms with Gasteiger partial charge in [-0.05, 0) is 33.5 Å². The maximum Gasteiger partial charge on any atom is 0.180 e. The van der Waals surface area contributed by atoms with Crippen molar-refractivity contribution in [1.82, 2.24) is 35.2 Å². The molecule has 5 aromatic rings. The van der Waals surface area contributed by atoms with Crippen LogP contribution in [0.5, 0.6) is 0 Å². The largest absolute Gasteiger partial charge is 0.383 e. The van der Waals surface area contributed by atoms with Gasteiger partial charge in [0.05, 0.1) is 11.9 Å². The molecule has 0 unspecified atom stereocenters. The number of nitrogens with two attached hydrogens (primary N) is 1. The van der Waals surface area contributed by atoms with Gasteiger partial charge in [0.25, 0.3) is 0 Å². The number of benzene rings is 2. The molecule has 3 aromatic heterocycles. The topological polar surface area (TPSA) is 111 Å². The second-order valence-corrected chi connectivity index (χ2v) is 7.44. The molecule has 5 rings (SSSR count). The van der Waals surface area contributed by atoms with E-state index in [1.54, 1.807) is 10.7 Å². The average molecular weight is 410 g/mol. The minimum absolute atomic E-state index is 0.648. The quantitative estimate of drug-likeness (QED) is 0.442. The lowest BCUT2D eigenvalue weighted by atomic mass is 9.96. The molecule has 2 aromatic carbocycles. The Kier molecular flexibility index (Phi) is 4.87. The molecule has 0 radical (unpaired) electrons. The van der Waals surface area contributed by atoms with Crippen LogP contribution < -0.4 is 5.73 Å². The van der Waals surface area contributed by atoms with Crippen molar-refractivity contribution in [2.75, 3.05) is 5.73 Å². The number of aromatic amines is 1. The van der Waals surface area contributed by atoms with Gasteiger partial charge < -0.3 is 5.73 Å². The molecule has 0 atom stereocenters. The van der Waals surface area contributed by atoms with Gasteiger partial charge in [-0.3, -0.25) is 0 Å². The van der Waals surface area contributed by atoms with Crippen LogP contribution in [-0.2, 0) is 12.8 Å². The van der Waals surface area contributed by atoms with E-state index in [0.29, 0.717) is 18.1 Å². The molecule has 8 heteroatoms. The third-order valence-electron chi connectivity index (χ3n) is 5.42. The number of anilines is 1. The van der Waals surface area contributed by atoms with E-state index in [1.165, 1.54) is 5.56 Å². The Labute approximate surface area is 179 Å². The molecule has 154 valence electrons. The number of hydrogen-bond acceptors (Lipinski definition) is 6. The van der Waals surface area contributed by atoms with Gasteiger partial charge in [-0.2, -0.15) is 9.61 Å². The van der Waals surface area contributed by atoms with E-state index in [1.807, 2.05) is 24.3 Å². The number of fused-ring (bicyclic) bond motifs is 1. The number of hydrogen-bond donors (Lipinski definition) is 2. The highest BCUT2D eigenvalue weighted by molar-refractivity contribution is 5.80. The third-order valence-corrected chi connectivity index (χ3v) is 5.42. The van der Waals surface area contributed by atoms with Gasteiger partial charge in [0.1, 0.15) is 5.82 Å². The summed E-state index contributed by atoms with van der Waals surface area (Å²) in [5.41, 5.74) is 13.6. The van der Waals surface area contributed by atoms with Crippen molar-refractivity contribution in [2.45, 2.75) is 26.2 Å². The monoisotopic (exact) mass is 410 g/mol. The number of nitrogens with one attached hydrogen (secondary N) is 1. The van der Waals surface area contributed by atoms with E-state index in [-0.39, 0.29) is 0 Å². The van der Waals surface area contributed by atoms with Gasteiger partial charge in [0.2, 0.25) is 0 Å². The van der Waals surface area contributed by atoms with Crippen LogP contribution in [-0.4, -0.2) is 35.2 Å². The first-order valence-electron chi connectivity index (χ1n) is 10.3. The van der Waals surface area contributed by atoms with Crippen LogP contribution in [0.25, 0.3) is 28.2 Å². The normalized spacial score (nSPS) is 11.3. The highest BCUT2D eigenvalue weighted by atomic mass is 15.5. The summed E-state index contributed by atoms with van der Waals surface area (Å²) in [4.78, 5) is 4.79. The fraction of sp³-hybridized carbons (Fsp3) is 0.174. The van der Waals surface area contributed by atoms with Gasteiger partial charge >= 0.3 is 0 Å². The Morgan fingerprint density at radius 2 is 1.81 bits per heavy atom. The molecule has 0 bridgehead atoms. The first-order chi connectivity index (χ1) is 15.2. The second kappa shape index (κ2) is 7.98. The third kappa shape index (κ3) is 3.52. The molecule has 0 spiro atoms. The van der Waals surface area contributed by atoms with Gasteiger partial charge in [-0.15, -0.1) is 5.10 Å². The Morgan fingerprint density at radius 3 is 2.55 bits per heavy atom. The van der Waals surface area contributed by atoms with E-state index < -0.39 is 0 Å². The molecule has 3 N–H and O–H groups in total. The highest BCUT2D eigenvalue weighted by Crippen LogP contribution is 2.30. The minimum Gasteiger partial charge on any atom is -0.383 e. The first-order valence-corrected chi connectivity index (χ1v) is 10.3. The molecular weight excluding hydrogens is 388 g/mol. The van der Waals surface area contributed by atoms with Crippen molar-refractivity contribution in [2.24, 2.45) is 0 Å². The molecule has 0 saturated heterocycles. The number of tetrazole rings is 1. The standard InChI is InChI=1S/C23H22N8/c1-2-5-20-19(22(24)31-21(26-20)12-13-25-31)14-15-8-10-16(11-9-15)17-6-3-4-7-18(17)23-27-29-30-28-23/h3-4,6-13H,2,5,14,24H2,1H3,(H,27,28,29,30). The zero-order valence-electron chi connectivity index (χ0n) is 17.2. The van der Waals surface area contributed by atoms with Gasteiger partial charge in [0.15, 0.2) is 11.5 Å². The van der Waals surface area contributed by atoms with Crippen molar-refractivity contribution in [3.8, 4) is 22.5 Å². The number of nitrogen functional groups attached to an aromatic ring is 1. The smallest absolute Gasteiger partial charge is 0.180 e. The van der Waals surface area contributed by atoms with Crippen molar-refractivity contribution >= 4 is 11.5 Å². The number of rotatable bonds is 6. The van der Waals surface area contributed by atoms with Crippen molar-refractivity contribution in [3.63, 3.8) is 0 Å². The average Bonchev–Trinajstić information content (AvgIpc) is 3.49. The van der Waals surface area contributed by atoms with Crippen LogP contribution in [0.2, 0.25) is 0 Å². The summed E-state index contributed by atoms with van der Waals surface area (Å²) in [7, 11) is 0. The lowest BCUT2D eigenvalue weighted by molar-refractivity contribution is 0.838. The van der Waals surface area contributed by atoms with E-state index >= 15 is 0 Å². The van der Waals surface area contributed by atoms with Crippen LogP contribution in [0.3, 0.4) is 0 Å². The van der Waals surface area contributed by atoms with Crippen LogP contribution in [0.15, 0.2) is 60.8 Å². The Hall–Kier alpha value is -4.07. The van der Waals surface area contributed by atoms with Crippen molar-refractivity contribution in [3.05, 3.63) is 77.6 Å². The minimum atomic E-state index is 0.648. The Morgan fingerprint density at radius 1 is 1.00 bits per heavy atom. The maximum atomic E-state index is 6.48. The molecule has 31 heavy (non-hydrogen) atoms. The summed E-state index contributed by atoms with van der Waals surface area (Å²) in [5, 5.41) is 18.6. The van der Waals surface area contributed by atoms with Gasteiger partial charge in [-0.25, -0.2) is 10.1 Å². The van der Waals surface area contributed by atoms with Gasteiger partial charge in [-0.1, -0.05) is 61.9 Å². The molecule has 0 amide bonds. The van der Waals surface area contributed by atoms with Crippen LogP contribution >= 0.6 is 0 Å². The van der Waals surface area contributed by atoms with Crippen LogP contribution in [0.1, 0.15) is 30.2 Å². The SMILES string of the molecule is CCCc1nc2ccnn2c(N)c1Cc1ccc(-c2ccccc2-c2nnn[nH]2)cc1. The predicted octanol–water partition coefficient (Wildman–Crippen LogP) is 3.70. The Bertz CT molecular complexity index is 1320. The first kappa shape index (κ1) is 18.9. The van der Waals surface area contributed by atoms with Crippen LogP contribution in [0.4, 0.5) is 5.82 Å². The summed E-state index contributed by atoms with van der Waals surface area (Å²) in [6.45, 7) is 2.15. The van der Waals surface area contributed by atoms with Crippen molar-refractivity contribution in [1.29, 1.82) is 0 Å². The summed E-state index contributed by atoms with van der Waals surface area (Å²) in [5.74, 6) is 1.31. The summed E-state index contributed by atoms with van der Waals surface area (Å²) >= 11 is 0. The molecule has 0 aliphatic rings. The zero-order chi connectivity index (χ0) is 21.2. The number of H-pyrrole nitrogens is 1. The molecule has 0 saturated carbocycles.